The van der Waals surface area contributed by atoms with Crippen LogP contribution in [0.4, 0.5) is 5.69 Å². The fraction of sp³-hybridized carbons (Fsp3) is 0.316. The van der Waals surface area contributed by atoms with Crippen LogP contribution in [0.15, 0.2) is 41.0 Å². The first kappa shape index (κ1) is 22.6. The second-order valence-electron chi connectivity index (χ2n) is 6.92. The van der Waals surface area contributed by atoms with Gasteiger partial charge in [-0.3, -0.25) is 19.6 Å². The lowest BCUT2D eigenvalue weighted by Gasteiger charge is -2.22. The molecule has 164 valence electrons. The van der Waals surface area contributed by atoms with E-state index < -0.39 is 29.6 Å². The van der Waals surface area contributed by atoms with Gasteiger partial charge in [0.05, 0.1) is 33.4 Å². The molecule has 0 fully saturated rings. The van der Waals surface area contributed by atoms with Gasteiger partial charge in [0.15, 0.2) is 0 Å². The van der Waals surface area contributed by atoms with E-state index in [0.717, 1.165) is 15.9 Å². The van der Waals surface area contributed by atoms with E-state index in [2.05, 4.69) is 31.4 Å². The number of amides is 1. The first-order valence-electron chi connectivity index (χ1n) is 9.28. The summed E-state index contributed by atoms with van der Waals surface area (Å²) in [4.78, 5) is 22.8. The number of non-ortho nitro benzene ring substituents is 1. The van der Waals surface area contributed by atoms with Gasteiger partial charge in [-0.25, -0.2) is 4.68 Å². The smallest absolute Gasteiger partial charge is 0.272 e. The van der Waals surface area contributed by atoms with Crippen LogP contribution in [-0.2, 0) is 6.67 Å². The van der Waals surface area contributed by atoms with Gasteiger partial charge in [-0.05, 0) is 53.5 Å². The molecule has 2 heterocycles. The number of aliphatic hydroxyl groups excluding tert-OH is 2. The Bertz CT molecular complexity index is 1090. The van der Waals surface area contributed by atoms with Crippen LogP contribution in [0.5, 0.6) is 0 Å². The van der Waals surface area contributed by atoms with Crippen molar-refractivity contribution in [1.29, 1.82) is 0 Å². The molecule has 0 bridgehead atoms. The fourth-order valence-electron chi connectivity index (χ4n) is 3.00. The van der Waals surface area contributed by atoms with Crippen molar-refractivity contribution in [1.82, 2.24) is 24.9 Å². The molecule has 0 aliphatic heterocycles. The van der Waals surface area contributed by atoms with E-state index in [1.54, 1.807) is 15.6 Å². The zero-order valence-electron chi connectivity index (χ0n) is 16.8. The van der Waals surface area contributed by atoms with Gasteiger partial charge in [-0.15, -0.1) is 0 Å². The highest BCUT2D eigenvalue weighted by molar-refractivity contribution is 9.10. The Hall–Kier alpha value is -3.09. The minimum atomic E-state index is -1.26. The molecule has 3 rings (SSSR count). The Labute approximate surface area is 185 Å². The van der Waals surface area contributed by atoms with Crippen molar-refractivity contribution in [3.05, 3.63) is 73.8 Å². The van der Waals surface area contributed by atoms with Crippen molar-refractivity contribution in [2.75, 3.05) is 6.61 Å². The number of rotatable bonds is 8. The molecule has 1 amide bonds. The van der Waals surface area contributed by atoms with Crippen LogP contribution in [-0.4, -0.2) is 53.3 Å². The van der Waals surface area contributed by atoms with Crippen molar-refractivity contribution < 1.29 is 19.9 Å². The third-order valence-electron chi connectivity index (χ3n) is 4.79. The number of aryl methyl sites for hydroxylation is 1. The molecule has 0 spiro atoms. The molecule has 11 nitrogen and oxygen atoms in total. The van der Waals surface area contributed by atoms with Gasteiger partial charge in [0.2, 0.25) is 0 Å². The van der Waals surface area contributed by atoms with E-state index in [9.17, 15) is 25.1 Å². The minimum absolute atomic E-state index is 0.106. The number of carbonyl (C=O) groups excluding carboxylic acids is 1. The molecular formula is C19H21BrN6O5. The highest BCUT2D eigenvalue weighted by Gasteiger charge is 2.24. The summed E-state index contributed by atoms with van der Waals surface area (Å²) in [6.07, 6.45) is 0.365. The summed E-state index contributed by atoms with van der Waals surface area (Å²) in [7, 11) is 0. The standard InChI is InChI=1S/C19H21BrN6O5/c1-11-17(20)12(2)25(22-11)10-24-8-7-15(23-24)19(29)21-16(9-27)18(28)13-3-5-14(6-4-13)26(30)31/h3-8,16,18,27-28H,9-10H2,1-2H3,(H,21,29). The minimum Gasteiger partial charge on any atom is -0.394 e. The van der Waals surface area contributed by atoms with E-state index in [-0.39, 0.29) is 11.4 Å². The van der Waals surface area contributed by atoms with Gasteiger partial charge in [-0.2, -0.15) is 10.2 Å². The van der Waals surface area contributed by atoms with Crippen molar-refractivity contribution in [3.8, 4) is 0 Å². The largest absolute Gasteiger partial charge is 0.394 e. The maximum atomic E-state index is 12.6. The van der Waals surface area contributed by atoms with Crippen LogP contribution in [0.25, 0.3) is 0 Å². The molecule has 12 heteroatoms. The average molecular weight is 493 g/mol. The lowest BCUT2D eigenvalue weighted by atomic mass is 10.0. The van der Waals surface area contributed by atoms with Crippen LogP contribution in [0.2, 0.25) is 0 Å². The molecular weight excluding hydrogens is 472 g/mol. The van der Waals surface area contributed by atoms with Crippen molar-refractivity contribution in [2.24, 2.45) is 0 Å². The third-order valence-corrected chi connectivity index (χ3v) is 5.93. The summed E-state index contributed by atoms with van der Waals surface area (Å²) in [6.45, 7) is 3.55. The summed E-state index contributed by atoms with van der Waals surface area (Å²) < 4.78 is 4.19. The Morgan fingerprint density at radius 1 is 1.26 bits per heavy atom. The molecule has 31 heavy (non-hydrogen) atoms. The number of hydrogen-bond acceptors (Lipinski definition) is 7. The molecule has 0 saturated carbocycles. The monoisotopic (exact) mass is 492 g/mol. The van der Waals surface area contributed by atoms with E-state index in [1.807, 2.05) is 13.8 Å². The quantitative estimate of drug-likeness (QED) is 0.320. The number of carbonyl (C=O) groups is 1. The number of aliphatic hydroxyl groups is 2. The van der Waals surface area contributed by atoms with Gasteiger partial charge < -0.3 is 15.5 Å². The topological polar surface area (TPSA) is 148 Å². The van der Waals surface area contributed by atoms with Crippen molar-refractivity contribution in [3.63, 3.8) is 0 Å². The van der Waals surface area contributed by atoms with Gasteiger partial charge >= 0.3 is 0 Å². The van der Waals surface area contributed by atoms with Gasteiger partial charge in [-0.1, -0.05) is 0 Å². The average Bonchev–Trinajstić information content (AvgIpc) is 3.32. The molecule has 0 aliphatic rings. The highest BCUT2D eigenvalue weighted by Crippen LogP contribution is 2.21. The fourth-order valence-corrected chi connectivity index (χ4v) is 3.29. The van der Waals surface area contributed by atoms with Gasteiger partial charge in [0.25, 0.3) is 11.6 Å². The van der Waals surface area contributed by atoms with Crippen LogP contribution in [0.1, 0.15) is 33.5 Å². The number of hydrogen-bond donors (Lipinski definition) is 3. The zero-order chi connectivity index (χ0) is 22.7. The van der Waals surface area contributed by atoms with Crippen LogP contribution in [0, 0.1) is 24.0 Å². The number of benzene rings is 1. The summed E-state index contributed by atoms with van der Waals surface area (Å²) in [5, 5.41) is 42.0. The molecule has 0 saturated heterocycles. The molecule has 0 radical (unpaired) electrons. The zero-order valence-corrected chi connectivity index (χ0v) is 18.4. The molecule has 1 aromatic carbocycles. The van der Waals surface area contributed by atoms with Crippen LogP contribution < -0.4 is 5.32 Å². The number of nitrogens with one attached hydrogen (secondary N) is 1. The van der Waals surface area contributed by atoms with Gasteiger partial charge in [0, 0.05) is 18.3 Å². The Morgan fingerprint density at radius 3 is 2.48 bits per heavy atom. The van der Waals surface area contributed by atoms with E-state index >= 15 is 0 Å². The molecule has 3 N–H and O–H groups in total. The first-order valence-corrected chi connectivity index (χ1v) is 10.1. The molecule has 2 aromatic heterocycles. The summed E-state index contributed by atoms with van der Waals surface area (Å²) in [5.74, 6) is -0.576. The SMILES string of the molecule is Cc1nn(Cn2ccc(C(=O)NC(CO)C(O)c3ccc([N+](=O)[O-])cc3)n2)c(C)c1Br. The highest BCUT2D eigenvalue weighted by atomic mass is 79.9. The molecule has 2 unspecified atom stereocenters. The Morgan fingerprint density at radius 2 is 1.94 bits per heavy atom. The van der Waals surface area contributed by atoms with Crippen LogP contribution >= 0.6 is 15.9 Å². The van der Waals surface area contributed by atoms with Crippen molar-refractivity contribution >= 4 is 27.5 Å². The number of aromatic nitrogens is 4. The molecule has 2 atom stereocenters. The third kappa shape index (κ3) is 4.98. The normalized spacial score (nSPS) is 13.1. The second kappa shape index (κ2) is 9.37. The summed E-state index contributed by atoms with van der Waals surface area (Å²) in [5.41, 5.74) is 2.07. The lowest BCUT2D eigenvalue weighted by molar-refractivity contribution is -0.384. The van der Waals surface area contributed by atoms with Crippen molar-refractivity contribution in [2.45, 2.75) is 32.7 Å². The Kier molecular flexibility index (Phi) is 6.83. The number of nitro benzene ring substituents is 1. The number of nitrogens with zero attached hydrogens (tertiary/aromatic N) is 5. The van der Waals surface area contributed by atoms with E-state index in [4.69, 9.17) is 0 Å². The van der Waals surface area contributed by atoms with Crippen LogP contribution in [0.3, 0.4) is 0 Å². The summed E-state index contributed by atoms with van der Waals surface area (Å²) >= 11 is 3.46. The predicted molar refractivity (Wildman–Crippen MR) is 113 cm³/mol. The van der Waals surface area contributed by atoms with E-state index in [1.165, 1.54) is 30.3 Å². The van der Waals surface area contributed by atoms with E-state index in [0.29, 0.717) is 12.2 Å². The maximum absolute atomic E-state index is 12.6. The van der Waals surface area contributed by atoms with Gasteiger partial charge in [0.1, 0.15) is 18.5 Å². The molecule has 3 aromatic rings. The predicted octanol–water partition coefficient (Wildman–Crippen LogP) is 1.70. The maximum Gasteiger partial charge on any atom is 0.272 e. The molecule has 0 aliphatic carbocycles. The Balaban J connectivity index is 1.68. The summed E-state index contributed by atoms with van der Waals surface area (Å²) in [6, 6.07) is 5.73. The lowest BCUT2D eigenvalue weighted by Crippen LogP contribution is -2.42. The number of nitro groups is 1. The number of halogens is 1. The second-order valence-corrected chi connectivity index (χ2v) is 7.72. The first-order chi connectivity index (χ1) is 14.7.